The Balaban J connectivity index is 0.000000363. The van der Waals surface area contributed by atoms with Crippen LogP contribution in [0.2, 0.25) is 0 Å². The number of alkyl halides is 1. The van der Waals surface area contributed by atoms with E-state index in [4.69, 9.17) is 20.9 Å². The maximum absolute atomic E-state index is 9.09. The van der Waals surface area contributed by atoms with Crippen molar-refractivity contribution < 1.29 is 9.32 Å². The normalized spacial score (nSPS) is 9.71. The Morgan fingerprint density at radius 3 is 1.62 bits per heavy atom. The Morgan fingerprint density at radius 2 is 1.33 bits per heavy atom. The van der Waals surface area contributed by atoms with E-state index in [9.17, 15) is 0 Å². The van der Waals surface area contributed by atoms with Crippen LogP contribution in [0, 0.1) is 13.8 Å². The number of aliphatic hydroxyl groups excluding tert-OH is 1. The van der Waals surface area contributed by atoms with Crippen molar-refractivity contribution in [1.82, 2.24) is 0 Å². The van der Waals surface area contributed by atoms with Gasteiger partial charge in [0.05, 0.1) is 6.61 Å². The molecule has 0 aliphatic heterocycles. The fourth-order valence-corrected chi connectivity index (χ4v) is 2.72. The van der Waals surface area contributed by atoms with Crippen molar-refractivity contribution in [2.24, 2.45) is 0 Å². The van der Waals surface area contributed by atoms with E-state index in [1.54, 1.807) is 0 Å². The van der Waals surface area contributed by atoms with Gasteiger partial charge < -0.3 is 5.11 Å². The van der Waals surface area contributed by atoms with Gasteiger partial charge in [0.1, 0.15) is 0 Å². The molecule has 1 N–H and O–H groups in total. The van der Waals surface area contributed by atoms with Crippen molar-refractivity contribution in [3.05, 3.63) is 67.6 Å². The summed E-state index contributed by atoms with van der Waals surface area (Å²) in [5.74, 6) is 0.589. The number of halogens is 5. The van der Waals surface area contributed by atoms with E-state index in [0.717, 1.165) is 20.1 Å². The highest BCUT2D eigenvalue weighted by atomic mass is 79.9. The Kier molecular flexibility index (Phi) is 13.8. The summed E-state index contributed by atoms with van der Waals surface area (Å²) in [6.45, 7) is 4.16. The van der Waals surface area contributed by atoms with E-state index in [1.165, 1.54) is 11.1 Å². The molecule has 2 aromatic carbocycles. The lowest BCUT2D eigenvalue weighted by Gasteiger charge is -2.02. The molecule has 8 heteroatoms. The molecule has 0 amide bonds. The Hall–Kier alpha value is 0.380. The molecule has 0 spiro atoms. The third-order valence-electron chi connectivity index (χ3n) is 3.07. The Labute approximate surface area is 176 Å². The molecule has 0 bridgehead atoms. The zero-order valence-corrected chi connectivity index (χ0v) is 19.3. The largest absolute Gasteiger partial charge is 0.392 e. The van der Waals surface area contributed by atoms with E-state index in [2.05, 4.69) is 60.1 Å². The van der Waals surface area contributed by atoms with Gasteiger partial charge >= 0.3 is 0 Å². The Morgan fingerprint density at radius 1 is 0.958 bits per heavy atom. The summed E-state index contributed by atoms with van der Waals surface area (Å²) in [6.07, 6.45) is 0. The van der Waals surface area contributed by atoms with E-state index in [-0.39, 0.29) is 6.61 Å². The third kappa shape index (κ3) is 9.76. The van der Waals surface area contributed by atoms with E-state index < -0.39 is 9.23 Å². The zero-order valence-electron chi connectivity index (χ0n) is 13.0. The van der Waals surface area contributed by atoms with Crippen LogP contribution in [0.3, 0.4) is 0 Å². The molecule has 0 aliphatic rings. The molecule has 134 valence electrons. The van der Waals surface area contributed by atoms with Gasteiger partial charge in [0, 0.05) is 36.2 Å². The van der Waals surface area contributed by atoms with Gasteiger partial charge in [-0.05, 0) is 48.2 Å². The van der Waals surface area contributed by atoms with Gasteiger partial charge in [-0.3, -0.25) is 0 Å². The second-order valence-corrected chi connectivity index (χ2v) is 9.02. The molecule has 0 heterocycles. The molecule has 0 aliphatic carbocycles. The van der Waals surface area contributed by atoms with Crippen molar-refractivity contribution in [1.29, 1.82) is 0 Å². The first-order valence-corrected chi connectivity index (χ1v) is 11.6. The lowest BCUT2D eigenvalue weighted by Crippen LogP contribution is -1.87. The van der Waals surface area contributed by atoms with Crippen LogP contribution < -0.4 is 0 Å². The van der Waals surface area contributed by atoms with E-state index in [1.807, 2.05) is 43.3 Å². The minimum Gasteiger partial charge on any atom is -0.392 e. The molecule has 24 heavy (non-hydrogen) atoms. The summed E-state index contributed by atoms with van der Waals surface area (Å²) >= 11 is 12.5. The molecular formula is C16H17Br2Cl3O2S. The molecule has 2 aromatic rings. The summed E-state index contributed by atoms with van der Waals surface area (Å²) in [4.78, 5) is 0. The first-order valence-electron chi connectivity index (χ1n) is 6.63. The topological polar surface area (TPSA) is 37.3 Å². The number of hydrogen-bond acceptors (Lipinski definition) is 2. The second-order valence-electron chi connectivity index (χ2n) is 4.52. The van der Waals surface area contributed by atoms with Gasteiger partial charge in [-0.2, -0.15) is 0 Å². The third-order valence-corrected chi connectivity index (χ3v) is 5.08. The lowest BCUT2D eigenvalue weighted by molar-refractivity contribution is 0.281. The average Bonchev–Trinajstić information content (AvgIpc) is 2.53. The van der Waals surface area contributed by atoms with Crippen LogP contribution in [-0.2, 0) is 21.7 Å². The zero-order chi connectivity index (χ0) is 18.7. The fourth-order valence-electron chi connectivity index (χ4n) is 1.62. The van der Waals surface area contributed by atoms with Crippen LogP contribution in [0.1, 0.15) is 22.3 Å². The van der Waals surface area contributed by atoms with E-state index >= 15 is 0 Å². The van der Waals surface area contributed by atoms with Gasteiger partial charge in [0.2, 0.25) is 9.23 Å². The minimum atomic E-state index is -1.67. The molecule has 0 saturated carbocycles. The standard InChI is InChI=1S/C8H8BrCl.C8H9BrO.Cl2OS/c2*1-6-7(5-10)3-2-4-8(6)9;1-4(2)3/h2-4H,5H2,1H3;2-4,10H,5H2,1H3;. The monoisotopic (exact) mass is 536 g/mol. The highest BCUT2D eigenvalue weighted by Crippen LogP contribution is 2.20. The molecule has 0 saturated heterocycles. The summed E-state index contributed by atoms with van der Waals surface area (Å²) in [5, 5.41) is 8.82. The fraction of sp³-hybridized carbons (Fsp3) is 0.250. The summed E-state index contributed by atoms with van der Waals surface area (Å²) in [5.41, 5.74) is 4.52. The molecule has 0 atom stereocenters. The first kappa shape index (κ1) is 24.4. The number of benzene rings is 2. The first-order chi connectivity index (χ1) is 11.2. The van der Waals surface area contributed by atoms with Crippen molar-refractivity contribution >= 4 is 74.1 Å². The summed E-state index contributed by atoms with van der Waals surface area (Å²) in [6, 6.07) is 11.9. The molecule has 2 nitrogen and oxygen atoms in total. The van der Waals surface area contributed by atoms with Gasteiger partial charge in [-0.15, -0.1) is 11.6 Å². The van der Waals surface area contributed by atoms with Crippen LogP contribution in [0.5, 0.6) is 0 Å². The number of aliphatic hydroxyl groups is 1. The van der Waals surface area contributed by atoms with Crippen LogP contribution in [0.25, 0.3) is 0 Å². The average molecular weight is 540 g/mol. The van der Waals surface area contributed by atoms with Crippen LogP contribution in [0.15, 0.2) is 45.3 Å². The molecule has 0 unspecified atom stereocenters. The van der Waals surface area contributed by atoms with Crippen molar-refractivity contribution in [2.75, 3.05) is 0 Å². The maximum Gasteiger partial charge on any atom is 0.211 e. The highest BCUT2D eigenvalue weighted by Gasteiger charge is 1.98. The highest BCUT2D eigenvalue weighted by molar-refractivity contribution is 9.10. The van der Waals surface area contributed by atoms with Crippen LogP contribution >= 0.6 is 64.8 Å². The second kappa shape index (κ2) is 13.6. The summed E-state index contributed by atoms with van der Waals surface area (Å²) in [7, 11) is 7.36. The minimum absolute atomic E-state index is 0.116. The van der Waals surface area contributed by atoms with Gasteiger partial charge in [0.15, 0.2) is 0 Å². The quantitative estimate of drug-likeness (QED) is 0.337. The van der Waals surface area contributed by atoms with E-state index in [0.29, 0.717) is 5.88 Å². The van der Waals surface area contributed by atoms with Crippen molar-refractivity contribution in [3.63, 3.8) is 0 Å². The predicted octanol–water partition coefficient (Wildman–Crippen LogP) is 6.79. The van der Waals surface area contributed by atoms with Crippen LogP contribution in [-0.4, -0.2) is 9.32 Å². The van der Waals surface area contributed by atoms with Crippen molar-refractivity contribution in [3.8, 4) is 0 Å². The lowest BCUT2D eigenvalue weighted by atomic mass is 10.1. The van der Waals surface area contributed by atoms with Crippen molar-refractivity contribution in [2.45, 2.75) is 26.3 Å². The molecule has 0 fully saturated rings. The SMILES string of the molecule is Cc1c(Br)cccc1CCl.Cc1c(Br)cccc1CO.O=S(Cl)Cl. The van der Waals surface area contributed by atoms with Gasteiger partial charge in [-0.1, -0.05) is 56.1 Å². The van der Waals surface area contributed by atoms with Gasteiger partial charge in [0.25, 0.3) is 0 Å². The predicted molar refractivity (Wildman–Crippen MR) is 113 cm³/mol. The smallest absolute Gasteiger partial charge is 0.211 e. The van der Waals surface area contributed by atoms with Gasteiger partial charge in [-0.25, -0.2) is 4.21 Å². The molecule has 0 aromatic heterocycles. The summed E-state index contributed by atoms with van der Waals surface area (Å²) < 4.78 is 11.3. The number of rotatable bonds is 2. The van der Waals surface area contributed by atoms with Crippen LogP contribution in [0.4, 0.5) is 0 Å². The molecular weight excluding hydrogens is 522 g/mol. The molecule has 2 rings (SSSR count). The Bertz CT molecular complexity index is 614. The maximum atomic E-state index is 9.09. The number of hydrogen-bond donors (Lipinski definition) is 1. The molecule has 0 radical (unpaired) electrons.